The number of rotatable bonds is 3. The molecule has 0 spiro atoms. The summed E-state index contributed by atoms with van der Waals surface area (Å²) in [5, 5.41) is 4.84. The number of nitrogens with one attached hydrogen (secondary N) is 1. The van der Waals surface area contributed by atoms with Crippen LogP contribution < -0.4 is 5.32 Å². The SMILES string of the molecule is O=C(NCC1CC1)c1cccs1. The van der Waals surface area contributed by atoms with Crippen molar-refractivity contribution < 1.29 is 4.79 Å². The summed E-state index contributed by atoms with van der Waals surface area (Å²) in [6.07, 6.45) is 2.56. The molecule has 0 bridgehead atoms. The van der Waals surface area contributed by atoms with E-state index >= 15 is 0 Å². The number of hydrogen-bond donors (Lipinski definition) is 1. The zero-order chi connectivity index (χ0) is 8.39. The molecule has 64 valence electrons. The van der Waals surface area contributed by atoms with E-state index in [0.29, 0.717) is 0 Å². The molecule has 2 nitrogen and oxygen atoms in total. The minimum absolute atomic E-state index is 0.0805. The Kier molecular flexibility index (Phi) is 2.13. The highest BCUT2D eigenvalue weighted by molar-refractivity contribution is 7.12. The number of thiophene rings is 1. The molecule has 1 aliphatic carbocycles. The van der Waals surface area contributed by atoms with Crippen LogP contribution in [0, 0.1) is 5.92 Å². The van der Waals surface area contributed by atoms with E-state index in [2.05, 4.69) is 5.32 Å². The fourth-order valence-corrected chi connectivity index (χ4v) is 1.69. The van der Waals surface area contributed by atoms with E-state index in [1.165, 1.54) is 24.2 Å². The Morgan fingerprint density at radius 1 is 1.67 bits per heavy atom. The van der Waals surface area contributed by atoms with Gasteiger partial charge in [0, 0.05) is 6.54 Å². The molecule has 1 aliphatic rings. The molecule has 1 fully saturated rings. The second-order valence-corrected chi connectivity index (χ2v) is 4.08. The van der Waals surface area contributed by atoms with E-state index < -0.39 is 0 Å². The molecule has 0 unspecified atom stereocenters. The number of amides is 1. The Hall–Kier alpha value is -0.830. The summed E-state index contributed by atoms with van der Waals surface area (Å²) in [5.74, 6) is 0.839. The maximum Gasteiger partial charge on any atom is 0.261 e. The van der Waals surface area contributed by atoms with Crippen molar-refractivity contribution in [1.29, 1.82) is 0 Å². The summed E-state index contributed by atoms with van der Waals surface area (Å²) in [6, 6.07) is 3.75. The van der Waals surface area contributed by atoms with Crippen molar-refractivity contribution in [3.05, 3.63) is 22.4 Å². The lowest BCUT2D eigenvalue weighted by atomic mass is 10.4. The molecule has 2 rings (SSSR count). The lowest BCUT2D eigenvalue weighted by Crippen LogP contribution is -2.24. The number of hydrogen-bond acceptors (Lipinski definition) is 2. The Labute approximate surface area is 75.6 Å². The first-order valence-electron chi connectivity index (χ1n) is 4.18. The highest BCUT2D eigenvalue weighted by Gasteiger charge is 2.21. The van der Waals surface area contributed by atoms with Gasteiger partial charge in [-0.05, 0) is 30.2 Å². The van der Waals surface area contributed by atoms with Crippen molar-refractivity contribution in [3.63, 3.8) is 0 Å². The fourth-order valence-electron chi connectivity index (χ4n) is 1.05. The molecule has 1 aromatic heterocycles. The standard InChI is InChI=1S/C9H11NOS/c11-9(8-2-1-5-12-8)10-6-7-3-4-7/h1-2,5,7H,3-4,6H2,(H,10,11). The van der Waals surface area contributed by atoms with Gasteiger partial charge < -0.3 is 5.32 Å². The van der Waals surface area contributed by atoms with Crippen molar-refractivity contribution in [2.24, 2.45) is 5.92 Å². The first-order valence-corrected chi connectivity index (χ1v) is 5.06. The zero-order valence-corrected chi connectivity index (χ0v) is 7.56. The van der Waals surface area contributed by atoms with Crippen LogP contribution in [0.25, 0.3) is 0 Å². The second kappa shape index (κ2) is 3.27. The number of carbonyl (C=O) groups is 1. The maximum absolute atomic E-state index is 11.3. The van der Waals surface area contributed by atoms with Crippen molar-refractivity contribution in [2.75, 3.05) is 6.54 Å². The zero-order valence-electron chi connectivity index (χ0n) is 6.75. The normalized spacial score (nSPS) is 16.0. The lowest BCUT2D eigenvalue weighted by molar-refractivity contribution is 0.0956. The van der Waals surface area contributed by atoms with Crippen LogP contribution in [0.2, 0.25) is 0 Å². The molecule has 0 radical (unpaired) electrons. The Balaban J connectivity index is 1.83. The van der Waals surface area contributed by atoms with Gasteiger partial charge in [-0.2, -0.15) is 0 Å². The van der Waals surface area contributed by atoms with Crippen molar-refractivity contribution >= 4 is 17.2 Å². The molecule has 3 heteroatoms. The molecule has 1 heterocycles. The Morgan fingerprint density at radius 2 is 2.50 bits per heavy atom. The second-order valence-electron chi connectivity index (χ2n) is 3.13. The van der Waals surface area contributed by atoms with Gasteiger partial charge in [-0.25, -0.2) is 0 Å². The molecule has 0 atom stereocenters. The van der Waals surface area contributed by atoms with Crippen LogP contribution in [0.5, 0.6) is 0 Å². The first kappa shape index (κ1) is 7.80. The molecule has 0 aliphatic heterocycles. The molecule has 0 saturated heterocycles. The molecule has 1 N–H and O–H groups in total. The molecule has 1 saturated carbocycles. The Bertz CT molecular complexity index is 264. The first-order chi connectivity index (χ1) is 5.86. The van der Waals surface area contributed by atoms with E-state index in [9.17, 15) is 4.79 Å². The lowest BCUT2D eigenvalue weighted by Gasteiger charge is -1.99. The quantitative estimate of drug-likeness (QED) is 0.758. The van der Waals surface area contributed by atoms with Gasteiger partial charge in [-0.15, -0.1) is 11.3 Å². The van der Waals surface area contributed by atoms with Gasteiger partial charge in [-0.3, -0.25) is 4.79 Å². The van der Waals surface area contributed by atoms with Gasteiger partial charge in [-0.1, -0.05) is 6.07 Å². The summed E-state index contributed by atoms with van der Waals surface area (Å²) in [4.78, 5) is 12.2. The van der Waals surface area contributed by atoms with Crippen LogP contribution in [0.3, 0.4) is 0 Å². The molecular weight excluding hydrogens is 170 g/mol. The van der Waals surface area contributed by atoms with Crippen molar-refractivity contribution in [1.82, 2.24) is 5.32 Å². The maximum atomic E-state index is 11.3. The smallest absolute Gasteiger partial charge is 0.261 e. The average molecular weight is 181 g/mol. The van der Waals surface area contributed by atoms with Crippen LogP contribution >= 0.6 is 11.3 Å². The predicted molar refractivity (Wildman–Crippen MR) is 49.4 cm³/mol. The van der Waals surface area contributed by atoms with Gasteiger partial charge in [0.2, 0.25) is 0 Å². The van der Waals surface area contributed by atoms with Crippen molar-refractivity contribution in [2.45, 2.75) is 12.8 Å². The van der Waals surface area contributed by atoms with Gasteiger partial charge in [0.1, 0.15) is 0 Å². The van der Waals surface area contributed by atoms with Crippen LogP contribution in [0.4, 0.5) is 0 Å². The van der Waals surface area contributed by atoms with Crippen molar-refractivity contribution in [3.8, 4) is 0 Å². The number of carbonyl (C=O) groups excluding carboxylic acids is 1. The molecular formula is C9H11NOS. The van der Waals surface area contributed by atoms with Crippen LogP contribution in [-0.2, 0) is 0 Å². The van der Waals surface area contributed by atoms with Gasteiger partial charge >= 0.3 is 0 Å². The van der Waals surface area contributed by atoms with E-state index in [0.717, 1.165) is 17.3 Å². The van der Waals surface area contributed by atoms with Crippen LogP contribution in [0.1, 0.15) is 22.5 Å². The van der Waals surface area contributed by atoms with Crippen LogP contribution in [0.15, 0.2) is 17.5 Å². The predicted octanol–water partition coefficient (Wildman–Crippen LogP) is 1.89. The largest absolute Gasteiger partial charge is 0.351 e. The summed E-state index contributed by atoms with van der Waals surface area (Å²) in [6.45, 7) is 0.858. The van der Waals surface area contributed by atoms with E-state index in [-0.39, 0.29) is 5.91 Å². The summed E-state index contributed by atoms with van der Waals surface area (Å²) in [7, 11) is 0. The van der Waals surface area contributed by atoms with Gasteiger partial charge in [0.25, 0.3) is 5.91 Å². The highest BCUT2D eigenvalue weighted by Crippen LogP contribution is 2.27. The third-order valence-electron chi connectivity index (χ3n) is 1.99. The topological polar surface area (TPSA) is 29.1 Å². The van der Waals surface area contributed by atoms with Gasteiger partial charge in [0.05, 0.1) is 4.88 Å². The minimum atomic E-state index is 0.0805. The molecule has 0 aromatic carbocycles. The highest BCUT2D eigenvalue weighted by atomic mass is 32.1. The summed E-state index contributed by atoms with van der Waals surface area (Å²) in [5.41, 5.74) is 0. The Morgan fingerprint density at radius 3 is 3.08 bits per heavy atom. The average Bonchev–Trinajstić information content (AvgIpc) is 2.74. The third kappa shape index (κ3) is 1.85. The van der Waals surface area contributed by atoms with E-state index in [4.69, 9.17) is 0 Å². The summed E-state index contributed by atoms with van der Waals surface area (Å²) < 4.78 is 0. The molecule has 1 aromatic rings. The van der Waals surface area contributed by atoms with Gasteiger partial charge in [0.15, 0.2) is 0 Å². The molecule has 1 amide bonds. The minimum Gasteiger partial charge on any atom is -0.351 e. The fraction of sp³-hybridized carbons (Fsp3) is 0.444. The monoisotopic (exact) mass is 181 g/mol. The van der Waals surface area contributed by atoms with Crippen LogP contribution in [-0.4, -0.2) is 12.5 Å². The van der Waals surface area contributed by atoms with E-state index in [1.54, 1.807) is 0 Å². The molecule has 12 heavy (non-hydrogen) atoms. The third-order valence-corrected chi connectivity index (χ3v) is 2.86. The van der Waals surface area contributed by atoms with E-state index in [1.807, 2.05) is 17.5 Å². The summed E-state index contributed by atoms with van der Waals surface area (Å²) >= 11 is 1.49.